The van der Waals surface area contributed by atoms with Gasteiger partial charge in [-0.3, -0.25) is 0 Å². The van der Waals surface area contributed by atoms with E-state index in [1.807, 2.05) is 0 Å². The molecule has 1 aliphatic heterocycles. The maximum atomic E-state index is 6.21. The summed E-state index contributed by atoms with van der Waals surface area (Å²) >= 11 is 0. The van der Waals surface area contributed by atoms with Crippen molar-refractivity contribution in [3.63, 3.8) is 0 Å². The fourth-order valence-electron chi connectivity index (χ4n) is 3.52. The first-order valence-corrected chi connectivity index (χ1v) is 9.03. The smallest absolute Gasteiger partial charge is 0.104 e. The van der Waals surface area contributed by atoms with E-state index in [0.717, 1.165) is 13.2 Å². The molecule has 1 rings (SSSR count). The van der Waals surface area contributed by atoms with Crippen LogP contribution >= 0.6 is 0 Å². The first kappa shape index (κ1) is 19.0. The molecule has 126 valence electrons. The van der Waals surface area contributed by atoms with Gasteiger partial charge in [0.25, 0.3) is 0 Å². The summed E-state index contributed by atoms with van der Waals surface area (Å²) < 4.78 is 11.5. The summed E-state index contributed by atoms with van der Waals surface area (Å²) in [5, 5.41) is 0. The summed E-state index contributed by atoms with van der Waals surface area (Å²) in [6, 6.07) is 0. The molecule has 0 spiro atoms. The van der Waals surface area contributed by atoms with Gasteiger partial charge in [-0.05, 0) is 31.6 Å². The summed E-state index contributed by atoms with van der Waals surface area (Å²) in [6.07, 6.45) is 9.84. The van der Waals surface area contributed by atoms with Gasteiger partial charge in [0.1, 0.15) is 6.10 Å². The van der Waals surface area contributed by atoms with Crippen molar-refractivity contribution in [2.75, 3.05) is 13.2 Å². The van der Waals surface area contributed by atoms with Crippen molar-refractivity contribution in [1.29, 1.82) is 0 Å². The molecule has 0 amide bonds. The zero-order chi connectivity index (χ0) is 15.9. The third kappa shape index (κ3) is 7.65. The molecule has 1 fully saturated rings. The van der Waals surface area contributed by atoms with E-state index in [4.69, 9.17) is 9.47 Å². The van der Waals surface area contributed by atoms with Crippen molar-refractivity contribution >= 4 is 0 Å². The molecule has 1 aliphatic rings. The normalized spacial score (nSPS) is 20.6. The molecule has 0 aliphatic carbocycles. The van der Waals surface area contributed by atoms with Crippen molar-refractivity contribution in [1.82, 2.24) is 0 Å². The predicted octanol–water partition coefficient (Wildman–Crippen LogP) is 5.59. The Morgan fingerprint density at radius 1 is 1.00 bits per heavy atom. The first-order chi connectivity index (χ1) is 9.77. The lowest BCUT2D eigenvalue weighted by atomic mass is 9.69. The van der Waals surface area contributed by atoms with E-state index >= 15 is 0 Å². The predicted molar refractivity (Wildman–Crippen MR) is 90.7 cm³/mol. The minimum atomic E-state index is -0.0619. The van der Waals surface area contributed by atoms with E-state index in [-0.39, 0.29) is 11.0 Å². The van der Waals surface area contributed by atoms with Crippen LogP contribution in [-0.4, -0.2) is 24.9 Å². The maximum Gasteiger partial charge on any atom is 0.104 e. The van der Waals surface area contributed by atoms with Gasteiger partial charge in [-0.1, -0.05) is 66.2 Å². The molecule has 2 atom stereocenters. The van der Waals surface area contributed by atoms with Crippen molar-refractivity contribution in [3.8, 4) is 0 Å². The fourth-order valence-corrected chi connectivity index (χ4v) is 3.52. The Hall–Kier alpha value is -0.0800. The largest absolute Gasteiger partial charge is 0.372 e. The fraction of sp³-hybridized carbons (Fsp3) is 1.00. The molecule has 0 bridgehead atoms. The molecule has 0 aromatic rings. The minimum Gasteiger partial charge on any atom is -0.372 e. The summed E-state index contributed by atoms with van der Waals surface area (Å²) in [5.41, 5.74) is 0.227. The highest BCUT2D eigenvalue weighted by Gasteiger charge is 2.39. The number of unbranched alkanes of at least 4 members (excludes halogenated alkanes) is 5. The van der Waals surface area contributed by atoms with Crippen molar-refractivity contribution < 1.29 is 9.47 Å². The highest BCUT2D eigenvalue weighted by Crippen LogP contribution is 2.40. The zero-order valence-electron chi connectivity index (χ0n) is 15.3. The molecule has 1 saturated heterocycles. The third-order valence-electron chi connectivity index (χ3n) is 4.77. The van der Waals surface area contributed by atoms with Gasteiger partial charge in [0, 0.05) is 0 Å². The number of epoxide rings is 1. The standard InChI is InChI=1S/C19H38O2/c1-7-8-9-10-11-12-13-17(18(2,3)4)19(5,6)21-15-16-14-20-16/h16-17H,7-15H2,1-6H3/t16-,17?/m0/s1. The molecule has 0 saturated carbocycles. The van der Waals surface area contributed by atoms with E-state index < -0.39 is 0 Å². The van der Waals surface area contributed by atoms with Crippen LogP contribution in [0, 0.1) is 11.3 Å². The lowest BCUT2D eigenvalue weighted by Gasteiger charge is -2.43. The van der Waals surface area contributed by atoms with Gasteiger partial charge >= 0.3 is 0 Å². The van der Waals surface area contributed by atoms with Gasteiger partial charge < -0.3 is 9.47 Å². The molecule has 0 radical (unpaired) electrons. The summed E-state index contributed by atoms with van der Waals surface area (Å²) in [7, 11) is 0. The molecule has 21 heavy (non-hydrogen) atoms. The Morgan fingerprint density at radius 2 is 1.57 bits per heavy atom. The lowest BCUT2D eigenvalue weighted by molar-refractivity contribution is -0.0989. The van der Waals surface area contributed by atoms with Crippen LogP contribution in [0.2, 0.25) is 0 Å². The Labute approximate surface area is 133 Å². The van der Waals surface area contributed by atoms with Crippen LogP contribution < -0.4 is 0 Å². The van der Waals surface area contributed by atoms with Gasteiger partial charge in [-0.2, -0.15) is 0 Å². The molecular weight excluding hydrogens is 260 g/mol. The van der Waals surface area contributed by atoms with E-state index in [1.165, 1.54) is 44.9 Å². The molecule has 0 aromatic carbocycles. The molecular formula is C19H38O2. The lowest BCUT2D eigenvalue weighted by Crippen LogP contribution is -2.42. The monoisotopic (exact) mass is 298 g/mol. The first-order valence-electron chi connectivity index (χ1n) is 9.03. The summed E-state index contributed by atoms with van der Waals surface area (Å²) in [4.78, 5) is 0. The minimum absolute atomic E-state index is 0.0619. The van der Waals surface area contributed by atoms with Gasteiger partial charge in [0.15, 0.2) is 0 Å². The van der Waals surface area contributed by atoms with Crippen LogP contribution in [0.4, 0.5) is 0 Å². The van der Waals surface area contributed by atoms with Crippen LogP contribution in [-0.2, 0) is 9.47 Å². The summed E-state index contributed by atoms with van der Waals surface area (Å²) in [6.45, 7) is 15.5. The molecule has 2 heteroatoms. The number of ether oxygens (including phenoxy) is 2. The molecule has 1 unspecified atom stereocenters. The number of hydrogen-bond donors (Lipinski definition) is 0. The van der Waals surface area contributed by atoms with Gasteiger partial charge in [-0.25, -0.2) is 0 Å². The second kappa shape index (κ2) is 8.53. The Balaban J connectivity index is 2.38. The highest BCUT2D eigenvalue weighted by atomic mass is 16.6. The quantitative estimate of drug-likeness (QED) is 0.366. The van der Waals surface area contributed by atoms with Gasteiger partial charge in [0.2, 0.25) is 0 Å². The average Bonchev–Trinajstić information content (AvgIpc) is 3.17. The topological polar surface area (TPSA) is 21.8 Å². The molecule has 0 aromatic heterocycles. The van der Waals surface area contributed by atoms with E-state index in [9.17, 15) is 0 Å². The second-order valence-corrected chi connectivity index (χ2v) is 8.34. The van der Waals surface area contributed by atoms with Crippen LogP contribution in [0.15, 0.2) is 0 Å². The van der Waals surface area contributed by atoms with Crippen LogP contribution in [0.5, 0.6) is 0 Å². The maximum absolute atomic E-state index is 6.21. The van der Waals surface area contributed by atoms with Crippen molar-refractivity contribution in [3.05, 3.63) is 0 Å². The average molecular weight is 299 g/mol. The molecule has 2 nitrogen and oxygen atoms in total. The molecule has 0 N–H and O–H groups in total. The van der Waals surface area contributed by atoms with Gasteiger partial charge in [0.05, 0.1) is 18.8 Å². The summed E-state index contributed by atoms with van der Waals surface area (Å²) in [5.74, 6) is 0.593. The van der Waals surface area contributed by atoms with E-state index in [1.54, 1.807) is 0 Å². The van der Waals surface area contributed by atoms with Crippen LogP contribution in [0.25, 0.3) is 0 Å². The number of hydrogen-bond acceptors (Lipinski definition) is 2. The van der Waals surface area contributed by atoms with E-state index in [0.29, 0.717) is 12.0 Å². The SMILES string of the molecule is CCCCCCCCC(C(C)(C)C)C(C)(C)OC[C@@H]1CO1. The third-order valence-corrected chi connectivity index (χ3v) is 4.77. The molecule has 1 heterocycles. The highest BCUT2D eigenvalue weighted by molar-refractivity contribution is 4.88. The van der Waals surface area contributed by atoms with Gasteiger partial charge in [-0.15, -0.1) is 0 Å². The zero-order valence-corrected chi connectivity index (χ0v) is 15.3. The Bertz CT molecular complexity index is 274. The second-order valence-electron chi connectivity index (χ2n) is 8.34. The van der Waals surface area contributed by atoms with Crippen molar-refractivity contribution in [2.45, 2.75) is 98.2 Å². The van der Waals surface area contributed by atoms with Crippen LogP contribution in [0.3, 0.4) is 0 Å². The van der Waals surface area contributed by atoms with E-state index in [2.05, 4.69) is 41.5 Å². The van der Waals surface area contributed by atoms with Crippen molar-refractivity contribution in [2.24, 2.45) is 11.3 Å². The Kier molecular flexibility index (Phi) is 7.70. The number of rotatable bonds is 11. The van der Waals surface area contributed by atoms with Crippen LogP contribution in [0.1, 0.15) is 86.5 Å². The Morgan fingerprint density at radius 3 is 2.10 bits per heavy atom.